The van der Waals surface area contributed by atoms with Crippen LogP contribution < -0.4 is 11.1 Å². The highest BCUT2D eigenvalue weighted by Gasteiger charge is 2.44. The van der Waals surface area contributed by atoms with Crippen molar-refractivity contribution in [2.24, 2.45) is 5.73 Å². The van der Waals surface area contributed by atoms with Gasteiger partial charge >= 0.3 is 0 Å². The van der Waals surface area contributed by atoms with Crippen molar-refractivity contribution in [3.8, 4) is 0 Å². The second kappa shape index (κ2) is 3.82. The Morgan fingerprint density at radius 3 is 2.53 bits per heavy atom. The molecule has 1 aromatic rings. The lowest BCUT2D eigenvalue weighted by Gasteiger charge is -2.24. The number of nitrogens with two attached hydrogens (primary N) is 1. The zero-order chi connectivity index (χ0) is 12.0. The second-order valence-corrected chi connectivity index (χ2v) is 5.63. The number of nitrogens with one attached hydrogen (secondary N) is 1. The number of aromatic nitrogens is 2. The average molecular weight is 234 g/mol. The molecule has 0 amide bonds. The maximum atomic E-state index is 6.35. The summed E-state index contributed by atoms with van der Waals surface area (Å²) < 4.78 is 2.23. The second-order valence-electron chi connectivity index (χ2n) is 5.63. The molecule has 17 heavy (non-hydrogen) atoms. The Hall–Kier alpha value is -0.870. The van der Waals surface area contributed by atoms with Gasteiger partial charge in [0.1, 0.15) is 0 Å². The number of nitrogens with zero attached hydrogens (tertiary/aromatic N) is 2. The molecule has 94 valence electrons. The van der Waals surface area contributed by atoms with Crippen LogP contribution in [0.5, 0.6) is 0 Å². The smallest absolute Gasteiger partial charge is 0.0647 e. The van der Waals surface area contributed by atoms with E-state index < -0.39 is 0 Å². The van der Waals surface area contributed by atoms with Crippen LogP contribution in [0.1, 0.15) is 48.7 Å². The molecule has 0 atom stereocenters. The fourth-order valence-corrected chi connectivity index (χ4v) is 3.17. The number of rotatable bonds is 2. The highest BCUT2D eigenvalue weighted by molar-refractivity contribution is 5.37. The highest BCUT2D eigenvalue weighted by Crippen LogP contribution is 2.45. The van der Waals surface area contributed by atoms with E-state index in [0.717, 1.165) is 31.6 Å². The predicted molar refractivity (Wildman–Crippen MR) is 67.9 cm³/mol. The quantitative estimate of drug-likeness (QED) is 0.812. The monoisotopic (exact) mass is 234 g/mol. The van der Waals surface area contributed by atoms with Crippen molar-refractivity contribution in [1.82, 2.24) is 15.1 Å². The first-order valence-electron chi connectivity index (χ1n) is 6.67. The summed E-state index contributed by atoms with van der Waals surface area (Å²) >= 11 is 0. The van der Waals surface area contributed by atoms with E-state index in [1.54, 1.807) is 0 Å². The largest absolute Gasteiger partial charge is 0.321 e. The fraction of sp³-hybridized carbons (Fsp3) is 0.769. The first kappa shape index (κ1) is 11.2. The lowest BCUT2D eigenvalue weighted by molar-refractivity contribution is 0.337. The van der Waals surface area contributed by atoms with Crippen LogP contribution in [-0.2, 0) is 5.54 Å². The van der Waals surface area contributed by atoms with Crippen LogP contribution in [0.2, 0.25) is 0 Å². The SMILES string of the molecule is Cc1nn(C2CCNCC2)c(C)c1C1(N)CC1. The van der Waals surface area contributed by atoms with E-state index in [4.69, 9.17) is 10.8 Å². The zero-order valence-corrected chi connectivity index (χ0v) is 10.8. The molecule has 3 N–H and O–H groups in total. The molecule has 0 aromatic carbocycles. The molecule has 0 radical (unpaired) electrons. The van der Waals surface area contributed by atoms with Gasteiger partial charge in [-0.1, -0.05) is 0 Å². The summed E-state index contributed by atoms with van der Waals surface area (Å²) in [6, 6.07) is 0.561. The van der Waals surface area contributed by atoms with E-state index in [-0.39, 0.29) is 5.54 Å². The molecule has 2 fully saturated rings. The number of hydrogen-bond acceptors (Lipinski definition) is 3. The number of aryl methyl sites for hydroxylation is 1. The molecule has 1 aliphatic carbocycles. The van der Waals surface area contributed by atoms with Gasteiger partial charge < -0.3 is 11.1 Å². The van der Waals surface area contributed by atoms with E-state index in [2.05, 4.69) is 23.8 Å². The standard InChI is InChI=1S/C13H22N4/c1-9-12(13(14)5-6-13)10(2)17(16-9)11-3-7-15-8-4-11/h11,15H,3-8,14H2,1-2H3. The molecule has 2 aliphatic rings. The molecule has 1 saturated carbocycles. The average Bonchev–Trinajstić information content (AvgIpc) is 2.97. The van der Waals surface area contributed by atoms with Gasteiger partial charge in [0.15, 0.2) is 0 Å². The van der Waals surface area contributed by atoms with Gasteiger partial charge in [-0.05, 0) is 52.6 Å². The fourth-order valence-electron chi connectivity index (χ4n) is 3.17. The molecule has 1 saturated heterocycles. The predicted octanol–water partition coefficient (Wildman–Crippen LogP) is 1.37. The maximum absolute atomic E-state index is 6.35. The third-order valence-corrected chi connectivity index (χ3v) is 4.27. The number of piperidine rings is 1. The lowest BCUT2D eigenvalue weighted by atomic mass is 10.0. The van der Waals surface area contributed by atoms with Crippen molar-refractivity contribution in [2.75, 3.05) is 13.1 Å². The van der Waals surface area contributed by atoms with Crippen LogP contribution in [0.25, 0.3) is 0 Å². The Balaban J connectivity index is 1.95. The van der Waals surface area contributed by atoms with Gasteiger partial charge in [-0.2, -0.15) is 5.10 Å². The summed E-state index contributed by atoms with van der Waals surface area (Å²) in [5.74, 6) is 0. The Kier molecular flexibility index (Phi) is 2.52. The van der Waals surface area contributed by atoms with Crippen molar-refractivity contribution in [1.29, 1.82) is 0 Å². The van der Waals surface area contributed by atoms with Crippen molar-refractivity contribution >= 4 is 0 Å². The highest BCUT2D eigenvalue weighted by atomic mass is 15.3. The first-order valence-corrected chi connectivity index (χ1v) is 6.67. The van der Waals surface area contributed by atoms with Crippen molar-refractivity contribution in [3.05, 3.63) is 17.0 Å². The van der Waals surface area contributed by atoms with Gasteiger partial charge in [0.05, 0.1) is 11.7 Å². The molecule has 4 heteroatoms. The van der Waals surface area contributed by atoms with E-state index in [0.29, 0.717) is 6.04 Å². The molecule has 2 heterocycles. The van der Waals surface area contributed by atoms with E-state index in [9.17, 15) is 0 Å². The molecule has 1 aliphatic heterocycles. The molecule has 1 aromatic heterocycles. The third kappa shape index (κ3) is 1.79. The van der Waals surface area contributed by atoms with Gasteiger partial charge in [-0.3, -0.25) is 4.68 Å². The van der Waals surface area contributed by atoms with Gasteiger partial charge in [0, 0.05) is 16.8 Å². The van der Waals surface area contributed by atoms with Gasteiger partial charge in [-0.25, -0.2) is 0 Å². The Bertz CT molecular complexity index is 425. The van der Waals surface area contributed by atoms with Crippen molar-refractivity contribution in [2.45, 2.75) is 51.1 Å². The Morgan fingerprint density at radius 2 is 1.94 bits per heavy atom. The summed E-state index contributed by atoms with van der Waals surface area (Å²) in [7, 11) is 0. The molecule has 4 nitrogen and oxygen atoms in total. The summed E-state index contributed by atoms with van der Waals surface area (Å²) in [6.45, 7) is 6.50. The minimum absolute atomic E-state index is 0.0562. The summed E-state index contributed by atoms with van der Waals surface area (Å²) in [4.78, 5) is 0. The summed E-state index contributed by atoms with van der Waals surface area (Å²) in [5, 5.41) is 8.15. The van der Waals surface area contributed by atoms with Crippen molar-refractivity contribution < 1.29 is 0 Å². The minimum atomic E-state index is -0.0562. The van der Waals surface area contributed by atoms with Crippen LogP contribution in [0.4, 0.5) is 0 Å². The molecule has 0 spiro atoms. The van der Waals surface area contributed by atoms with Crippen LogP contribution in [0.3, 0.4) is 0 Å². The lowest BCUT2D eigenvalue weighted by Crippen LogP contribution is -2.30. The van der Waals surface area contributed by atoms with E-state index in [1.165, 1.54) is 24.1 Å². The third-order valence-electron chi connectivity index (χ3n) is 4.27. The zero-order valence-electron chi connectivity index (χ0n) is 10.8. The number of hydrogen-bond donors (Lipinski definition) is 2. The molecule has 0 bridgehead atoms. The van der Waals surface area contributed by atoms with E-state index >= 15 is 0 Å². The maximum Gasteiger partial charge on any atom is 0.0647 e. The van der Waals surface area contributed by atoms with Crippen LogP contribution in [0.15, 0.2) is 0 Å². The van der Waals surface area contributed by atoms with Crippen LogP contribution >= 0.6 is 0 Å². The minimum Gasteiger partial charge on any atom is -0.321 e. The Morgan fingerprint density at radius 1 is 1.29 bits per heavy atom. The molecular formula is C13H22N4. The molecular weight excluding hydrogens is 212 g/mol. The van der Waals surface area contributed by atoms with Crippen molar-refractivity contribution in [3.63, 3.8) is 0 Å². The molecule has 3 rings (SSSR count). The normalized spacial score (nSPS) is 23.9. The molecule has 0 unspecified atom stereocenters. The van der Waals surface area contributed by atoms with Gasteiger partial charge in [0.25, 0.3) is 0 Å². The summed E-state index contributed by atoms with van der Waals surface area (Å²) in [6.07, 6.45) is 4.59. The van der Waals surface area contributed by atoms with E-state index in [1.807, 2.05) is 0 Å². The topological polar surface area (TPSA) is 55.9 Å². The summed E-state index contributed by atoms with van der Waals surface area (Å²) in [5.41, 5.74) is 10.0. The van der Waals surface area contributed by atoms with Crippen LogP contribution in [-0.4, -0.2) is 22.9 Å². The van der Waals surface area contributed by atoms with Gasteiger partial charge in [-0.15, -0.1) is 0 Å². The first-order chi connectivity index (χ1) is 8.12. The van der Waals surface area contributed by atoms with Crippen LogP contribution in [0, 0.1) is 13.8 Å². The van der Waals surface area contributed by atoms with Gasteiger partial charge in [0.2, 0.25) is 0 Å². The Labute approximate surface area is 103 Å².